The topological polar surface area (TPSA) is 0 Å². The molecule has 41 valence electrons. The third kappa shape index (κ3) is 1.51. The number of aryl methyl sites for hydroxylation is 1. The Morgan fingerprint density at radius 1 is 1.62 bits per heavy atom. The van der Waals surface area contributed by atoms with E-state index in [1.807, 2.05) is 6.07 Å². The molecule has 0 aliphatic rings. The predicted octanol–water partition coefficient (Wildman–Crippen LogP) is 0.321. The van der Waals surface area contributed by atoms with Gasteiger partial charge >= 0.3 is 62.7 Å². The molecule has 8 heavy (non-hydrogen) atoms. The maximum atomic E-state index is 3.08. The molecule has 0 aromatic heterocycles. The summed E-state index contributed by atoms with van der Waals surface area (Å²) in [7, 11) is 0. The molecule has 1 aromatic rings. The molecule has 0 unspecified atom stereocenters. The average Bonchev–Trinajstić information content (AvgIpc) is 1.64. The van der Waals surface area contributed by atoms with E-state index in [-0.39, 0.29) is 0 Å². The fourth-order valence-electron chi connectivity index (χ4n) is 0.570. The van der Waals surface area contributed by atoms with Crippen molar-refractivity contribution in [3.05, 3.63) is 29.8 Å². The normalized spacial score (nSPS) is 9.25. The molecule has 1 radical (unpaired) electrons. The van der Waals surface area contributed by atoms with E-state index in [4.69, 9.17) is 0 Å². The zero-order chi connectivity index (χ0) is 5.98. The van der Waals surface area contributed by atoms with Gasteiger partial charge in [0.15, 0.2) is 0 Å². The monoisotopic (exact) mass is 221 g/mol. The van der Waals surface area contributed by atoms with Crippen LogP contribution in [0, 0.1) is 13.0 Å². The Morgan fingerprint density at radius 2 is 2.38 bits per heavy atom. The zero-order valence-corrected chi connectivity index (χ0v) is 7.23. The Morgan fingerprint density at radius 3 is 2.75 bits per heavy atom. The fourth-order valence-corrected chi connectivity index (χ4v) is 1.34. The van der Waals surface area contributed by atoms with Crippen molar-refractivity contribution in [2.24, 2.45) is 0 Å². The first-order valence-electron chi connectivity index (χ1n) is 2.46. The van der Waals surface area contributed by atoms with E-state index >= 15 is 0 Å². The van der Waals surface area contributed by atoms with Gasteiger partial charge in [0.05, 0.1) is 0 Å². The summed E-state index contributed by atoms with van der Waals surface area (Å²) in [5.74, 6) is 0. The third-order valence-corrected chi connectivity index (χ3v) is 1.72. The van der Waals surface area contributed by atoms with E-state index in [1.165, 1.54) is 9.17 Å². The van der Waals surface area contributed by atoms with E-state index in [9.17, 15) is 0 Å². The van der Waals surface area contributed by atoms with Gasteiger partial charge in [0.2, 0.25) is 0 Å². The van der Waals surface area contributed by atoms with Gasteiger partial charge in [-0.2, -0.15) is 0 Å². The molecule has 1 rings (SSSR count). The first-order valence-corrected chi connectivity index (χ1v) is 3.74. The Kier molecular flexibility index (Phi) is 1.94. The molecule has 0 spiro atoms. The SMILES string of the molecule is Cc1[c]ccc([TeH])c1. The summed E-state index contributed by atoms with van der Waals surface area (Å²) in [5, 5.41) is 0. The van der Waals surface area contributed by atoms with Crippen LogP contribution in [0.15, 0.2) is 18.2 Å². The standard InChI is InChI=1S/C7H7Te/c1-6-3-2-4-7(8)5-6/h2,4-5,8H,1H3. The third-order valence-electron chi connectivity index (χ3n) is 0.929. The number of hydrogen-bond acceptors (Lipinski definition) is 0. The predicted molar refractivity (Wildman–Crippen MR) is 36.8 cm³/mol. The molecule has 0 fully saturated rings. The maximum absolute atomic E-state index is 3.08. The van der Waals surface area contributed by atoms with Crippen molar-refractivity contribution in [1.29, 1.82) is 0 Å². The van der Waals surface area contributed by atoms with Crippen LogP contribution in [0.5, 0.6) is 0 Å². The van der Waals surface area contributed by atoms with Crippen LogP contribution >= 0.6 is 0 Å². The molecule has 0 heterocycles. The van der Waals surface area contributed by atoms with Crippen LogP contribution in [-0.4, -0.2) is 22.3 Å². The molecule has 0 N–H and O–H groups in total. The van der Waals surface area contributed by atoms with Crippen molar-refractivity contribution in [2.45, 2.75) is 6.92 Å². The van der Waals surface area contributed by atoms with E-state index in [2.05, 4.69) is 25.1 Å². The van der Waals surface area contributed by atoms with Gasteiger partial charge < -0.3 is 0 Å². The van der Waals surface area contributed by atoms with Crippen LogP contribution in [-0.2, 0) is 0 Å². The Balaban J connectivity index is 3.08. The molecule has 0 saturated heterocycles. The Labute approximate surface area is 62.8 Å². The van der Waals surface area contributed by atoms with Crippen molar-refractivity contribution in [2.75, 3.05) is 0 Å². The zero-order valence-electron chi connectivity index (χ0n) is 4.68. The van der Waals surface area contributed by atoms with E-state index in [0.29, 0.717) is 0 Å². The molecular weight excluding hydrogens is 212 g/mol. The van der Waals surface area contributed by atoms with Crippen molar-refractivity contribution in [3.8, 4) is 0 Å². The summed E-state index contributed by atoms with van der Waals surface area (Å²) in [6, 6.07) is 9.25. The van der Waals surface area contributed by atoms with Crippen molar-refractivity contribution in [3.63, 3.8) is 0 Å². The molecule has 0 amide bonds. The number of hydrogen-bond donors (Lipinski definition) is 0. The molecule has 0 nitrogen and oxygen atoms in total. The second-order valence-electron chi connectivity index (χ2n) is 1.73. The summed E-state index contributed by atoms with van der Waals surface area (Å²) >= 11 is 1.75. The second-order valence-corrected chi connectivity index (χ2v) is 3.20. The van der Waals surface area contributed by atoms with E-state index in [0.717, 1.165) is 0 Å². The van der Waals surface area contributed by atoms with E-state index in [1.54, 1.807) is 22.3 Å². The average molecular weight is 219 g/mol. The molecular formula is C7H7Te. The quantitative estimate of drug-likeness (QED) is 0.551. The molecule has 1 heteroatoms. The second kappa shape index (κ2) is 2.53. The number of benzene rings is 1. The van der Waals surface area contributed by atoms with Crippen LogP contribution in [0.3, 0.4) is 0 Å². The van der Waals surface area contributed by atoms with Gasteiger partial charge in [-0.15, -0.1) is 0 Å². The Hall–Kier alpha value is 0.00961. The molecule has 1 aromatic carbocycles. The molecule has 0 saturated carbocycles. The van der Waals surface area contributed by atoms with E-state index < -0.39 is 0 Å². The van der Waals surface area contributed by atoms with Gasteiger partial charge in [-0.25, -0.2) is 0 Å². The van der Waals surface area contributed by atoms with Gasteiger partial charge in [0.1, 0.15) is 0 Å². The summed E-state index contributed by atoms with van der Waals surface area (Å²) in [6.45, 7) is 2.06. The van der Waals surface area contributed by atoms with Crippen LogP contribution < -0.4 is 3.61 Å². The first kappa shape index (κ1) is 6.13. The van der Waals surface area contributed by atoms with Crippen molar-refractivity contribution in [1.82, 2.24) is 0 Å². The van der Waals surface area contributed by atoms with Crippen LogP contribution in [0.2, 0.25) is 0 Å². The van der Waals surface area contributed by atoms with Gasteiger partial charge in [-0.05, 0) is 0 Å². The van der Waals surface area contributed by atoms with Crippen molar-refractivity contribution >= 4 is 25.9 Å². The summed E-state index contributed by atoms with van der Waals surface area (Å²) in [5.41, 5.74) is 1.23. The summed E-state index contributed by atoms with van der Waals surface area (Å²) in [4.78, 5) is 0. The molecule has 0 bridgehead atoms. The van der Waals surface area contributed by atoms with Gasteiger partial charge in [0.25, 0.3) is 0 Å². The molecule has 0 atom stereocenters. The first-order chi connectivity index (χ1) is 3.79. The van der Waals surface area contributed by atoms with Crippen molar-refractivity contribution < 1.29 is 0 Å². The van der Waals surface area contributed by atoms with Crippen LogP contribution in [0.4, 0.5) is 0 Å². The number of rotatable bonds is 0. The molecule has 0 aliphatic heterocycles. The minimum atomic E-state index is 1.23. The van der Waals surface area contributed by atoms with Gasteiger partial charge in [-0.3, -0.25) is 0 Å². The van der Waals surface area contributed by atoms with Crippen LogP contribution in [0.25, 0.3) is 0 Å². The Bertz CT molecular complexity index is 164. The van der Waals surface area contributed by atoms with Gasteiger partial charge in [-0.1, -0.05) is 0 Å². The summed E-state index contributed by atoms with van der Waals surface area (Å²) < 4.78 is 1.36. The van der Waals surface area contributed by atoms with Crippen LogP contribution in [0.1, 0.15) is 5.56 Å². The molecule has 0 aliphatic carbocycles. The summed E-state index contributed by atoms with van der Waals surface area (Å²) in [6.07, 6.45) is 0. The minimum absolute atomic E-state index is 1.23. The fraction of sp³-hybridized carbons (Fsp3) is 0.143. The van der Waals surface area contributed by atoms with Gasteiger partial charge in [0, 0.05) is 0 Å².